The van der Waals surface area contributed by atoms with E-state index in [1.165, 1.54) is 12.1 Å². The van der Waals surface area contributed by atoms with Crippen molar-refractivity contribution in [2.24, 2.45) is 4.99 Å². The van der Waals surface area contributed by atoms with Crippen LogP contribution in [0.2, 0.25) is 0 Å². The zero-order valence-electron chi connectivity index (χ0n) is 19.5. The van der Waals surface area contributed by atoms with Gasteiger partial charge in [0.15, 0.2) is 0 Å². The zero-order valence-corrected chi connectivity index (χ0v) is 19.5. The molecule has 31 heavy (non-hydrogen) atoms. The summed E-state index contributed by atoms with van der Waals surface area (Å²) in [5, 5.41) is 7.69. The Bertz CT molecular complexity index is 993. The van der Waals surface area contributed by atoms with Gasteiger partial charge in [-0.05, 0) is 55.8 Å². The van der Waals surface area contributed by atoms with Crippen LogP contribution in [0, 0.1) is 5.82 Å². The molecule has 0 saturated carbocycles. The Kier molecular flexibility index (Phi) is 9.25. The third-order valence-corrected chi connectivity index (χ3v) is 5.15. The summed E-state index contributed by atoms with van der Waals surface area (Å²) in [6, 6.07) is 14.9. The summed E-state index contributed by atoms with van der Waals surface area (Å²) in [5.74, 6) is -0.260. The Morgan fingerprint density at radius 1 is 1.16 bits per heavy atom. The van der Waals surface area contributed by atoms with Crippen molar-refractivity contribution in [3.05, 3.63) is 71.8 Å². The van der Waals surface area contributed by atoms with E-state index in [2.05, 4.69) is 45.4 Å². The summed E-state index contributed by atoms with van der Waals surface area (Å²) in [5.41, 5.74) is 6.13. The fourth-order valence-electron chi connectivity index (χ4n) is 3.42. The van der Waals surface area contributed by atoms with Crippen molar-refractivity contribution in [3.63, 3.8) is 0 Å². The quantitative estimate of drug-likeness (QED) is 0.481. The molecule has 0 amide bonds. The first-order valence-electron chi connectivity index (χ1n) is 10.9. The Labute approximate surface area is 185 Å². The van der Waals surface area contributed by atoms with Crippen LogP contribution >= 0.6 is 0 Å². The zero-order chi connectivity index (χ0) is 22.8. The highest BCUT2D eigenvalue weighted by atomic mass is 19.1. The van der Waals surface area contributed by atoms with Crippen LogP contribution in [0.15, 0.2) is 59.7 Å². The van der Waals surface area contributed by atoms with Gasteiger partial charge in [0.05, 0.1) is 17.1 Å². The van der Waals surface area contributed by atoms with E-state index in [9.17, 15) is 4.39 Å². The van der Waals surface area contributed by atoms with Crippen LogP contribution in [0.1, 0.15) is 39.0 Å². The highest BCUT2D eigenvalue weighted by Crippen LogP contribution is 2.27. The van der Waals surface area contributed by atoms with Crippen molar-refractivity contribution in [2.45, 2.75) is 34.1 Å². The minimum absolute atomic E-state index is 0.260. The normalized spacial score (nSPS) is 11.0. The monoisotopic (exact) mass is 423 g/mol. The molecule has 166 valence electrons. The molecule has 1 heterocycles. The van der Waals surface area contributed by atoms with Gasteiger partial charge in [-0.2, -0.15) is 5.10 Å². The van der Waals surface area contributed by atoms with Gasteiger partial charge in [-0.1, -0.05) is 26.0 Å². The first-order chi connectivity index (χ1) is 15.1. The number of nitrogens with zero attached hydrogens (tertiary/aromatic N) is 4. The van der Waals surface area contributed by atoms with Crippen LogP contribution in [0.5, 0.6) is 0 Å². The van der Waals surface area contributed by atoms with Gasteiger partial charge < -0.3 is 10.2 Å². The van der Waals surface area contributed by atoms with Crippen LogP contribution < -0.4 is 10.2 Å². The lowest BCUT2D eigenvalue weighted by molar-refractivity contribution is 0.624. The molecular formula is C25H34FN5. The molecule has 2 aromatic carbocycles. The van der Waals surface area contributed by atoms with Gasteiger partial charge >= 0.3 is 0 Å². The van der Waals surface area contributed by atoms with Crippen molar-refractivity contribution in [1.29, 1.82) is 0 Å². The van der Waals surface area contributed by atoms with Gasteiger partial charge in [-0.3, -0.25) is 4.99 Å². The SMILES string of the molecule is CC.CCN(CCc1ccnn1-c1cccc(F)c1)c1ccc(C(C)=NC)cc1NC. The van der Waals surface area contributed by atoms with E-state index in [0.717, 1.165) is 53.5 Å². The smallest absolute Gasteiger partial charge is 0.125 e. The third kappa shape index (κ3) is 5.94. The third-order valence-electron chi connectivity index (χ3n) is 5.15. The summed E-state index contributed by atoms with van der Waals surface area (Å²) >= 11 is 0. The number of anilines is 2. The molecule has 0 bridgehead atoms. The van der Waals surface area contributed by atoms with Gasteiger partial charge in [0, 0.05) is 51.2 Å². The van der Waals surface area contributed by atoms with E-state index in [1.54, 1.807) is 16.9 Å². The number of aliphatic imine (C=N–C) groups is 1. The maximum atomic E-state index is 13.6. The van der Waals surface area contributed by atoms with Gasteiger partial charge in [0.25, 0.3) is 0 Å². The van der Waals surface area contributed by atoms with E-state index in [0.29, 0.717) is 0 Å². The molecule has 0 spiro atoms. The number of likely N-dealkylation sites (N-methyl/N-ethyl adjacent to an activating group) is 1. The van der Waals surface area contributed by atoms with Gasteiger partial charge in [0.1, 0.15) is 5.82 Å². The highest BCUT2D eigenvalue weighted by Gasteiger charge is 2.13. The second kappa shape index (κ2) is 11.9. The molecule has 1 N–H and O–H groups in total. The predicted molar refractivity (Wildman–Crippen MR) is 131 cm³/mol. The number of halogens is 1. The lowest BCUT2D eigenvalue weighted by Gasteiger charge is -2.26. The summed E-state index contributed by atoms with van der Waals surface area (Å²) in [6.45, 7) is 9.87. The average Bonchev–Trinajstić information content (AvgIpc) is 3.29. The van der Waals surface area contributed by atoms with Crippen LogP contribution in [0.4, 0.5) is 15.8 Å². The van der Waals surface area contributed by atoms with Crippen molar-refractivity contribution >= 4 is 17.1 Å². The number of rotatable bonds is 8. The maximum absolute atomic E-state index is 13.6. The first kappa shape index (κ1) is 24.1. The average molecular weight is 424 g/mol. The van der Waals surface area contributed by atoms with Gasteiger partial charge in [0.2, 0.25) is 0 Å². The lowest BCUT2D eigenvalue weighted by Crippen LogP contribution is -2.27. The molecular weight excluding hydrogens is 389 g/mol. The molecule has 0 aliphatic carbocycles. The molecule has 6 heteroatoms. The van der Waals surface area contributed by atoms with Gasteiger partial charge in [-0.25, -0.2) is 9.07 Å². The molecule has 0 radical (unpaired) electrons. The van der Waals surface area contributed by atoms with Crippen LogP contribution in [0.3, 0.4) is 0 Å². The van der Waals surface area contributed by atoms with Crippen molar-refractivity contribution in [2.75, 3.05) is 37.4 Å². The number of benzene rings is 2. The van der Waals surface area contributed by atoms with E-state index < -0.39 is 0 Å². The number of nitrogens with one attached hydrogen (secondary N) is 1. The molecule has 3 rings (SSSR count). The maximum Gasteiger partial charge on any atom is 0.125 e. The van der Waals surface area contributed by atoms with E-state index >= 15 is 0 Å². The molecule has 1 aromatic heterocycles. The number of hydrogen-bond donors (Lipinski definition) is 1. The van der Waals surface area contributed by atoms with Crippen LogP contribution in [-0.2, 0) is 6.42 Å². The van der Waals surface area contributed by atoms with Crippen LogP contribution in [-0.4, -0.2) is 42.7 Å². The second-order valence-corrected chi connectivity index (χ2v) is 6.83. The van der Waals surface area contributed by atoms with Crippen molar-refractivity contribution in [3.8, 4) is 5.69 Å². The topological polar surface area (TPSA) is 45.5 Å². The van der Waals surface area contributed by atoms with Gasteiger partial charge in [-0.15, -0.1) is 0 Å². The van der Waals surface area contributed by atoms with Crippen molar-refractivity contribution < 1.29 is 4.39 Å². The Morgan fingerprint density at radius 3 is 2.58 bits per heavy atom. The Balaban J connectivity index is 0.00000166. The minimum atomic E-state index is -0.260. The highest BCUT2D eigenvalue weighted by molar-refractivity contribution is 6.00. The molecule has 0 aliphatic heterocycles. The molecule has 0 atom stereocenters. The summed E-state index contributed by atoms with van der Waals surface area (Å²) in [4.78, 5) is 6.61. The summed E-state index contributed by atoms with van der Waals surface area (Å²) in [7, 11) is 3.75. The molecule has 0 fully saturated rings. The minimum Gasteiger partial charge on any atom is -0.386 e. The molecule has 0 saturated heterocycles. The van der Waals surface area contributed by atoms with Crippen LogP contribution in [0.25, 0.3) is 5.69 Å². The predicted octanol–water partition coefficient (Wildman–Crippen LogP) is 5.59. The summed E-state index contributed by atoms with van der Waals surface area (Å²) in [6.07, 6.45) is 2.56. The van der Waals surface area contributed by atoms with Crippen molar-refractivity contribution in [1.82, 2.24) is 9.78 Å². The Morgan fingerprint density at radius 2 is 1.94 bits per heavy atom. The molecule has 0 aliphatic rings. The van der Waals surface area contributed by atoms with E-state index in [-0.39, 0.29) is 5.82 Å². The number of hydrogen-bond acceptors (Lipinski definition) is 4. The Hall–Kier alpha value is -3.15. The largest absolute Gasteiger partial charge is 0.386 e. The fraction of sp³-hybridized carbons (Fsp3) is 0.360. The fourth-order valence-corrected chi connectivity index (χ4v) is 3.42. The van der Waals surface area contributed by atoms with E-state index in [1.807, 2.05) is 47.0 Å². The summed E-state index contributed by atoms with van der Waals surface area (Å²) < 4.78 is 15.4. The molecule has 5 nitrogen and oxygen atoms in total. The second-order valence-electron chi connectivity index (χ2n) is 6.83. The first-order valence-corrected chi connectivity index (χ1v) is 10.9. The standard InChI is InChI=1S/C23H28FN5.C2H6/c1-5-28(23-10-9-18(17(2)25-3)15-22(23)26-4)14-12-20-11-13-27-29(20)21-8-6-7-19(24)16-21;1-2/h6-11,13,15-16,26H,5,12,14H2,1-4H3;1-2H3. The molecule has 0 unspecified atom stereocenters. The molecule has 3 aromatic rings. The lowest BCUT2D eigenvalue weighted by atomic mass is 10.1. The number of aromatic nitrogens is 2. The van der Waals surface area contributed by atoms with E-state index in [4.69, 9.17) is 0 Å².